The van der Waals surface area contributed by atoms with Gasteiger partial charge in [0.15, 0.2) is 0 Å². The van der Waals surface area contributed by atoms with Gasteiger partial charge >= 0.3 is 5.97 Å². The third-order valence-electron chi connectivity index (χ3n) is 5.57. The van der Waals surface area contributed by atoms with Gasteiger partial charge in [0.1, 0.15) is 0 Å². The molecule has 1 unspecified atom stereocenters. The number of fused-ring (bicyclic) bond motifs is 1. The van der Waals surface area contributed by atoms with E-state index in [1.54, 1.807) is 18.2 Å². The zero-order valence-corrected chi connectivity index (χ0v) is 15.6. The second-order valence-corrected chi connectivity index (χ2v) is 7.75. The highest BCUT2D eigenvalue weighted by atomic mass is 35.5. The van der Waals surface area contributed by atoms with Gasteiger partial charge in [0.25, 0.3) is 0 Å². The lowest BCUT2D eigenvalue weighted by Crippen LogP contribution is -2.36. The van der Waals surface area contributed by atoms with Crippen LogP contribution in [0.4, 0.5) is 5.69 Å². The average molecular weight is 385 g/mol. The molecule has 0 aromatic heterocycles. The number of amides is 1. The Morgan fingerprint density at radius 1 is 1.19 bits per heavy atom. The Labute approximate surface area is 162 Å². The van der Waals surface area contributed by atoms with Crippen molar-refractivity contribution in [2.24, 2.45) is 5.92 Å². The lowest BCUT2D eigenvalue weighted by Gasteiger charge is -2.34. The maximum Gasteiger partial charge on any atom is 0.335 e. The Morgan fingerprint density at radius 3 is 2.70 bits per heavy atom. The first-order chi connectivity index (χ1) is 13.0. The Kier molecular flexibility index (Phi) is 4.89. The van der Waals surface area contributed by atoms with Crippen LogP contribution in [0.25, 0.3) is 0 Å². The fourth-order valence-electron chi connectivity index (χ4n) is 4.23. The van der Waals surface area contributed by atoms with E-state index in [1.165, 1.54) is 0 Å². The summed E-state index contributed by atoms with van der Waals surface area (Å²) < 4.78 is 0. The first-order valence-electron chi connectivity index (χ1n) is 9.16. The molecule has 140 valence electrons. The van der Waals surface area contributed by atoms with Crippen LogP contribution in [0.5, 0.6) is 0 Å². The first kappa shape index (κ1) is 18.0. The van der Waals surface area contributed by atoms with Crippen LogP contribution >= 0.6 is 11.6 Å². The van der Waals surface area contributed by atoms with E-state index in [0.29, 0.717) is 16.5 Å². The number of halogens is 1. The summed E-state index contributed by atoms with van der Waals surface area (Å²) in [6.45, 7) is 2.53. The lowest BCUT2D eigenvalue weighted by atomic mass is 9.80. The van der Waals surface area contributed by atoms with Crippen molar-refractivity contribution in [1.29, 1.82) is 0 Å². The smallest absolute Gasteiger partial charge is 0.335 e. The predicted octanol–water partition coefficient (Wildman–Crippen LogP) is 3.99. The van der Waals surface area contributed by atoms with E-state index in [4.69, 9.17) is 16.7 Å². The number of rotatable bonds is 4. The molecule has 0 spiro atoms. The summed E-state index contributed by atoms with van der Waals surface area (Å²) in [5.41, 5.74) is 3.22. The Morgan fingerprint density at radius 2 is 1.96 bits per heavy atom. The number of carboxylic acid groups (broad SMARTS) is 1. The van der Waals surface area contributed by atoms with Crippen molar-refractivity contribution in [2.75, 3.05) is 18.4 Å². The number of likely N-dealkylation sites (tertiary alicyclic amines) is 1. The van der Waals surface area contributed by atoms with Crippen molar-refractivity contribution in [3.05, 3.63) is 64.2 Å². The van der Waals surface area contributed by atoms with Crippen molar-refractivity contribution in [2.45, 2.75) is 25.3 Å². The normalized spacial score (nSPS) is 20.3. The van der Waals surface area contributed by atoms with Gasteiger partial charge in [0.05, 0.1) is 11.5 Å². The van der Waals surface area contributed by atoms with E-state index in [1.807, 2.05) is 24.3 Å². The maximum absolute atomic E-state index is 12.5. The molecule has 2 aromatic carbocycles. The SMILES string of the molecule is O=C(O)c1cccc(CN2CCC(C3C(=O)Nc4cc(Cl)ccc43)CC2)c1. The maximum atomic E-state index is 12.5. The highest BCUT2D eigenvalue weighted by molar-refractivity contribution is 6.31. The minimum Gasteiger partial charge on any atom is -0.478 e. The van der Waals surface area contributed by atoms with Gasteiger partial charge in [-0.15, -0.1) is 0 Å². The molecule has 2 N–H and O–H groups in total. The van der Waals surface area contributed by atoms with E-state index in [0.717, 1.165) is 49.3 Å². The third kappa shape index (κ3) is 3.70. The molecule has 1 atom stereocenters. The molecule has 1 amide bonds. The molecule has 5 nitrogen and oxygen atoms in total. The summed E-state index contributed by atoms with van der Waals surface area (Å²) >= 11 is 6.04. The van der Waals surface area contributed by atoms with E-state index in [-0.39, 0.29) is 11.8 Å². The Bertz CT molecular complexity index is 891. The van der Waals surface area contributed by atoms with Crippen LogP contribution in [0, 0.1) is 5.92 Å². The molecule has 0 aliphatic carbocycles. The molecular weight excluding hydrogens is 364 g/mol. The van der Waals surface area contributed by atoms with Crippen molar-refractivity contribution >= 4 is 29.2 Å². The zero-order chi connectivity index (χ0) is 19.0. The first-order valence-corrected chi connectivity index (χ1v) is 9.54. The van der Waals surface area contributed by atoms with Gasteiger partial charge in [0.2, 0.25) is 5.91 Å². The molecule has 2 heterocycles. The fraction of sp³-hybridized carbons (Fsp3) is 0.333. The van der Waals surface area contributed by atoms with Crippen LogP contribution in [-0.2, 0) is 11.3 Å². The number of hydrogen-bond donors (Lipinski definition) is 2. The number of nitrogens with one attached hydrogen (secondary N) is 1. The molecule has 6 heteroatoms. The van der Waals surface area contributed by atoms with E-state index in [2.05, 4.69) is 10.2 Å². The summed E-state index contributed by atoms with van der Waals surface area (Å²) in [5.74, 6) is -0.620. The second-order valence-electron chi connectivity index (χ2n) is 7.32. The Balaban J connectivity index is 1.40. The van der Waals surface area contributed by atoms with Gasteiger partial charge in [-0.2, -0.15) is 0 Å². The van der Waals surface area contributed by atoms with Gasteiger partial charge in [-0.1, -0.05) is 29.8 Å². The van der Waals surface area contributed by atoms with Crippen LogP contribution in [0.15, 0.2) is 42.5 Å². The standard InChI is InChI=1S/C21H21ClN2O3/c22-16-4-5-17-18(11-16)23-20(25)19(17)14-6-8-24(9-7-14)12-13-2-1-3-15(10-13)21(26)27/h1-5,10-11,14,19H,6-9,12H2,(H,23,25)(H,26,27). The molecule has 2 aromatic rings. The number of carboxylic acids is 1. The van der Waals surface area contributed by atoms with E-state index >= 15 is 0 Å². The van der Waals surface area contributed by atoms with E-state index < -0.39 is 5.97 Å². The monoisotopic (exact) mass is 384 g/mol. The number of carbonyl (C=O) groups excluding carboxylic acids is 1. The van der Waals surface area contributed by atoms with Gasteiger partial charge < -0.3 is 10.4 Å². The van der Waals surface area contributed by atoms with Gasteiger partial charge in [0, 0.05) is 17.3 Å². The zero-order valence-electron chi connectivity index (χ0n) is 14.8. The number of benzene rings is 2. The topological polar surface area (TPSA) is 69.6 Å². The minimum atomic E-state index is -0.901. The van der Waals surface area contributed by atoms with Crippen molar-refractivity contribution in [1.82, 2.24) is 4.90 Å². The fourth-order valence-corrected chi connectivity index (χ4v) is 4.41. The van der Waals surface area contributed by atoms with Gasteiger partial charge in [-0.3, -0.25) is 9.69 Å². The third-order valence-corrected chi connectivity index (χ3v) is 5.81. The molecule has 0 bridgehead atoms. The van der Waals surface area contributed by atoms with Crippen molar-refractivity contribution in [3.8, 4) is 0 Å². The summed E-state index contributed by atoms with van der Waals surface area (Å²) in [5, 5.41) is 12.7. The molecule has 4 rings (SSSR count). The molecule has 2 aliphatic heterocycles. The molecule has 1 fully saturated rings. The molecular formula is C21H21ClN2O3. The van der Waals surface area contributed by atoms with Crippen LogP contribution in [0.3, 0.4) is 0 Å². The van der Waals surface area contributed by atoms with Gasteiger partial charge in [-0.05, 0) is 67.2 Å². The average Bonchev–Trinajstić information content (AvgIpc) is 2.97. The number of nitrogens with zero attached hydrogens (tertiary/aromatic N) is 1. The quantitative estimate of drug-likeness (QED) is 0.836. The summed E-state index contributed by atoms with van der Waals surface area (Å²) in [6.07, 6.45) is 1.89. The molecule has 0 saturated carbocycles. The largest absolute Gasteiger partial charge is 0.478 e. The van der Waals surface area contributed by atoms with Crippen LogP contribution in [0.1, 0.15) is 40.2 Å². The predicted molar refractivity (Wildman–Crippen MR) is 104 cm³/mol. The highest BCUT2D eigenvalue weighted by Crippen LogP contribution is 2.42. The molecule has 1 saturated heterocycles. The number of anilines is 1. The Hall–Kier alpha value is -2.37. The number of piperidine rings is 1. The van der Waals surface area contributed by atoms with Crippen LogP contribution < -0.4 is 5.32 Å². The summed E-state index contributed by atoms with van der Waals surface area (Å²) in [4.78, 5) is 25.9. The van der Waals surface area contributed by atoms with Gasteiger partial charge in [-0.25, -0.2) is 4.79 Å². The summed E-state index contributed by atoms with van der Waals surface area (Å²) in [7, 11) is 0. The number of aromatic carboxylic acids is 1. The highest BCUT2D eigenvalue weighted by Gasteiger charge is 2.38. The van der Waals surface area contributed by atoms with Crippen molar-refractivity contribution < 1.29 is 14.7 Å². The molecule has 2 aliphatic rings. The molecule has 0 radical (unpaired) electrons. The second kappa shape index (κ2) is 7.33. The number of hydrogen-bond acceptors (Lipinski definition) is 3. The molecule has 27 heavy (non-hydrogen) atoms. The van der Waals surface area contributed by atoms with Crippen LogP contribution in [-0.4, -0.2) is 35.0 Å². The minimum absolute atomic E-state index is 0.0693. The summed E-state index contributed by atoms with van der Waals surface area (Å²) in [6, 6.07) is 12.7. The lowest BCUT2D eigenvalue weighted by molar-refractivity contribution is -0.118. The van der Waals surface area contributed by atoms with Crippen molar-refractivity contribution in [3.63, 3.8) is 0 Å². The van der Waals surface area contributed by atoms with Crippen LogP contribution in [0.2, 0.25) is 5.02 Å². The van der Waals surface area contributed by atoms with E-state index in [9.17, 15) is 9.59 Å². The number of carbonyl (C=O) groups is 2.